The molecule has 4 aromatic carbocycles. The lowest BCUT2D eigenvalue weighted by atomic mass is 9.92. The minimum atomic E-state index is -4.64. The van der Waals surface area contributed by atoms with Crippen molar-refractivity contribution in [3.63, 3.8) is 0 Å². The predicted octanol–water partition coefficient (Wildman–Crippen LogP) is 6.28. The Morgan fingerprint density at radius 1 is 0.893 bits per heavy atom. The maximum atomic E-state index is 16.2. The van der Waals surface area contributed by atoms with Gasteiger partial charge >= 0.3 is 12.1 Å². The summed E-state index contributed by atoms with van der Waals surface area (Å²) in [4.78, 5) is 36.6. The van der Waals surface area contributed by atoms with E-state index in [1.165, 1.54) is 6.07 Å². The van der Waals surface area contributed by atoms with E-state index in [9.17, 15) is 27.9 Å². The maximum absolute atomic E-state index is 16.2. The molecule has 10 nitrogen and oxygen atoms in total. The smallest absolute Gasteiger partial charge is 0.411 e. The molecular weight excluding hydrogens is 730 g/mol. The van der Waals surface area contributed by atoms with Crippen LogP contribution in [0.4, 0.5) is 23.2 Å². The number of carboxylic acid groups (broad SMARTS) is 1. The number of carboxylic acids is 1. The summed E-state index contributed by atoms with van der Waals surface area (Å²) >= 11 is 0. The number of hydrogen-bond donors (Lipinski definition) is 2. The molecule has 0 radical (unpaired) electrons. The van der Waals surface area contributed by atoms with Gasteiger partial charge < -0.3 is 29.7 Å². The van der Waals surface area contributed by atoms with E-state index in [0.29, 0.717) is 31.9 Å². The van der Waals surface area contributed by atoms with Gasteiger partial charge in [0, 0.05) is 62.0 Å². The van der Waals surface area contributed by atoms with Gasteiger partial charge in [0.15, 0.2) is 0 Å². The molecule has 5 aromatic rings. The zero-order chi connectivity index (χ0) is 39.6. The monoisotopic (exact) mass is 773 g/mol. The van der Waals surface area contributed by atoms with Gasteiger partial charge in [-0.25, -0.2) is 9.18 Å². The Hall–Kier alpha value is -5.15. The molecule has 2 fully saturated rings. The van der Waals surface area contributed by atoms with Crippen LogP contribution in [0.15, 0.2) is 79.0 Å². The first-order valence-corrected chi connectivity index (χ1v) is 18.5. The number of halogens is 4. The molecular formula is C42H43F4N5O5. The second-order valence-electron chi connectivity index (χ2n) is 14.5. The molecule has 3 heterocycles. The fourth-order valence-corrected chi connectivity index (χ4v) is 7.75. The van der Waals surface area contributed by atoms with Crippen LogP contribution in [0.2, 0.25) is 0 Å². The van der Waals surface area contributed by atoms with Crippen molar-refractivity contribution >= 4 is 39.1 Å². The average Bonchev–Trinajstić information content (AvgIpc) is 3.17. The molecule has 294 valence electrons. The lowest BCUT2D eigenvalue weighted by Gasteiger charge is -2.38. The van der Waals surface area contributed by atoms with Gasteiger partial charge in [-0.1, -0.05) is 54.6 Å². The van der Waals surface area contributed by atoms with Crippen molar-refractivity contribution in [3.05, 3.63) is 107 Å². The van der Waals surface area contributed by atoms with E-state index in [2.05, 4.69) is 16.3 Å². The molecule has 0 aliphatic carbocycles. The van der Waals surface area contributed by atoms with Gasteiger partial charge in [-0.2, -0.15) is 13.2 Å². The number of carbonyl (C=O) groups is 2. The Balaban J connectivity index is 1.21. The van der Waals surface area contributed by atoms with E-state index in [-0.39, 0.29) is 37.4 Å². The number of fused-ring (bicyclic) bond motifs is 2. The number of ether oxygens (including phenoxy) is 2. The van der Waals surface area contributed by atoms with E-state index in [0.717, 1.165) is 55.9 Å². The van der Waals surface area contributed by atoms with Gasteiger partial charge in [0.05, 0.1) is 37.7 Å². The number of nitrogens with zero attached hydrogens (tertiary/aromatic N) is 4. The van der Waals surface area contributed by atoms with Crippen LogP contribution in [0.25, 0.3) is 32.8 Å². The standard InChI is InChI=1S/C42H43F4N5O5/c1-49(2)23-27-7-4-10-33-31(27)12-13-47-39(33)34-11-5-8-30-26(6-3-9-32(30)34)21-36(41(53)54)48-40(52)38-28(24-50-14-17-55-18-15-50)20-29(22-35(38)43)51-16-19-56-25-37(51)42(44,45)46/h3-13,20,22,36-37H,14-19,21,23-25H2,1-2H3,(H,48,52)(H,53,54)/t36-,37+/m0/s1. The molecule has 0 unspecified atom stereocenters. The highest BCUT2D eigenvalue weighted by Gasteiger charge is 2.46. The minimum absolute atomic E-state index is 0.0152. The number of amides is 1. The molecule has 7 rings (SSSR count). The first-order chi connectivity index (χ1) is 26.9. The lowest BCUT2D eigenvalue weighted by molar-refractivity contribution is -0.167. The zero-order valence-electron chi connectivity index (χ0n) is 31.1. The minimum Gasteiger partial charge on any atom is -0.480 e. The Morgan fingerprint density at radius 3 is 2.30 bits per heavy atom. The molecule has 2 saturated heterocycles. The predicted molar refractivity (Wildman–Crippen MR) is 205 cm³/mol. The third-order valence-electron chi connectivity index (χ3n) is 10.4. The van der Waals surface area contributed by atoms with Crippen LogP contribution in [0.5, 0.6) is 0 Å². The number of aromatic nitrogens is 1. The molecule has 0 bridgehead atoms. The number of nitrogens with one attached hydrogen (secondary N) is 1. The summed E-state index contributed by atoms with van der Waals surface area (Å²) in [6.45, 7) is 1.77. The van der Waals surface area contributed by atoms with Gasteiger partial charge in [0.2, 0.25) is 0 Å². The second kappa shape index (κ2) is 16.5. The van der Waals surface area contributed by atoms with Crippen LogP contribution >= 0.6 is 0 Å². The fourth-order valence-electron chi connectivity index (χ4n) is 7.75. The van der Waals surface area contributed by atoms with E-state index in [1.54, 1.807) is 12.3 Å². The summed E-state index contributed by atoms with van der Waals surface area (Å²) in [5.41, 5.74) is 3.11. The number of pyridine rings is 1. The first-order valence-electron chi connectivity index (χ1n) is 18.5. The Morgan fingerprint density at radius 2 is 1.57 bits per heavy atom. The van der Waals surface area contributed by atoms with Crippen LogP contribution in [-0.4, -0.2) is 110 Å². The number of alkyl halides is 3. The van der Waals surface area contributed by atoms with Crippen molar-refractivity contribution in [1.82, 2.24) is 20.1 Å². The van der Waals surface area contributed by atoms with E-state index >= 15 is 4.39 Å². The van der Waals surface area contributed by atoms with Crippen LogP contribution in [0, 0.1) is 5.82 Å². The van der Waals surface area contributed by atoms with Crippen molar-refractivity contribution in [2.45, 2.75) is 37.8 Å². The summed E-state index contributed by atoms with van der Waals surface area (Å²) in [7, 11) is 4.03. The van der Waals surface area contributed by atoms with Gasteiger partial charge in [0.1, 0.15) is 17.9 Å². The van der Waals surface area contributed by atoms with Gasteiger partial charge in [-0.3, -0.25) is 14.7 Å². The van der Waals surface area contributed by atoms with E-state index in [4.69, 9.17) is 14.5 Å². The average molecular weight is 774 g/mol. The molecule has 2 atom stereocenters. The molecule has 2 aliphatic rings. The number of anilines is 1. The lowest BCUT2D eigenvalue weighted by Crippen LogP contribution is -2.53. The number of morpholine rings is 2. The highest BCUT2D eigenvalue weighted by Crippen LogP contribution is 2.36. The van der Waals surface area contributed by atoms with Crippen LogP contribution in [0.3, 0.4) is 0 Å². The van der Waals surface area contributed by atoms with Crippen LogP contribution in [-0.2, 0) is 33.8 Å². The number of carbonyl (C=O) groups excluding carboxylic acids is 1. The van der Waals surface area contributed by atoms with Crippen molar-refractivity contribution in [2.24, 2.45) is 0 Å². The third kappa shape index (κ3) is 8.33. The second-order valence-corrected chi connectivity index (χ2v) is 14.5. The van der Waals surface area contributed by atoms with E-state index < -0.39 is 48.1 Å². The summed E-state index contributed by atoms with van der Waals surface area (Å²) in [6, 6.07) is 18.3. The van der Waals surface area contributed by atoms with Crippen molar-refractivity contribution < 1.29 is 41.7 Å². The molecule has 1 aromatic heterocycles. The van der Waals surface area contributed by atoms with E-state index in [1.807, 2.05) is 67.5 Å². The Bertz CT molecular complexity index is 2240. The largest absolute Gasteiger partial charge is 0.480 e. The van der Waals surface area contributed by atoms with Crippen LogP contribution < -0.4 is 10.2 Å². The molecule has 0 saturated carbocycles. The third-order valence-corrected chi connectivity index (χ3v) is 10.4. The van der Waals surface area contributed by atoms with Crippen molar-refractivity contribution in [1.29, 1.82) is 0 Å². The Labute approximate surface area is 321 Å². The molecule has 14 heteroatoms. The van der Waals surface area contributed by atoms with Crippen LogP contribution in [0.1, 0.15) is 27.0 Å². The number of aliphatic carboxylic acids is 1. The molecule has 0 spiro atoms. The summed E-state index contributed by atoms with van der Waals surface area (Å²) in [5.74, 6) is -3.36. The number of benzene rings is 4. The van der Waals surface area contributed by atoms with Crippen molar-refractivity contribution in [2.75, 3.05) is 65.1 Å². The molecule has 56 heavy (non-hydrogen) atoms. The summed E-state index contributed by atoms with van der Waals surface area (Å²) in [6.07, 6.45) is -2.99. The van der Waals surface area contributed by atoms with Gasteiger partial charge in [-0.05, 0) is 65.1 Å². The topological polar surface area (TPSA) is 107 Å². The van der Waals surface area contributed by atoms with Gasteiger partial charge in [0.25, 0.3) is 5.91 Å². The zero-order valence-corrected chi connectivity index (χ0v) is 31.1. The SMILES string of the molecule is CN(C)Cc1cccc2c(-c3cccc4c(C[C@H](NC(=O)c5c(F)cc(N6CCOC[C@@H]6C(F)(F)F)cc5CN5CCOCC5)C(=O)O)cccc34)nccc12. The molecule has 2 N–H and O–H groups in total. The molecule has 1 amide bonds. The summed E-state index contributed by atoms with van der Waals surface area (Å²) in [5, 5.41) is 16.6. The number of hydrogen-bond acceptors (Lipinski definition) is 8. The quantitative estimate of drug-likeness (QED) is 0.150. The normalized spacial score (nSPS) is 17.4. The molecule has 2 aliphatic heterocycles. The van der Waals surface area contributed by atoms with Crippen molar-refractivity contribution in [3.8, 4) is 11.3 Å². The number of rotatable bonds is 11. The maximum Gasteiger partial charge on any atom is 0.411 e. The van der Waals surface area contributed by atoms with Gasteiger partial charge in [-0.15, -0.1) is 0 Å². The highest BCUT2D eigenvalue weighted by atomic mass is 19.4. The Kier molecular flexibility index (Phi) is 11.5. The fraction of sp³-hybridized carbons (Fsp3) is 0.357. The first kappa shape index (κ1) is 39.1. The highest BCUT2D eigenvalue weighted by molar-refractivity contribution is 6.05. The summed E-state index contributed by atoms with van der Waals surface area (Å²) < 4.78 is 68.8.